The molecule has 0 radical (unpaired) electrons. The molecular weight excluding hydrogens is 383 g/mol. The lowest BCUT2D eigenvalue weighted by atomic mass is 10.1. The zero-order valence-electron chi connectivity index (χ0n) is 15.3. The summed E-state index contributed by atoms with van der Waals surface area (Å²) in [6.45, 7) is 3.26. The predicted molar refractivity (Wildman–Crippen MR) is 105 cm³/mol. The van der Waals surface area contributed by atoms with Gasteiger partial charge in [0.05, 0.1) is 17.1 Å². The SMILES string of the molecule is CC(OC(=O)c1ccc2nc(Cl)ccc2c1)C(=O)NC(C)c1ccc(F)cc1. The number of nitrogens with zero attached hydrogens (tertiary/aromatic N) is 1. The Labute approximate surface area is 166 Å². The topological polar surface area (TPSA) is 68.3 Å². The first-order valence-corrected chi connectivity index (χ1v) is 9.04. The number of esters is 1. The first-order chi connectivity index (χ1) is 13.3. The number of ether oxygens (including phenoxy) is 1. The lowest BCUT2D eigenvalue weighted by molar-refractivity contribution is -0.129. The highest BCUT2D eigenvalue weighted by atomic mass is 35.5. The molecule has 0 spiro atoms. The number of carbonyl (C=O) groups is 2. The molecule has 0 bridgehead atoms. The van der Waals surface area contributed by atoms with Crippen molar-refractivity contribution in [1.29, 1.82) is 0 Å². The van der Waals surface area contributed by atoms with Gasteiger partial charge in [-0.15, -0.1) is 0 Å². The van der Waals surface area contributed by atoms with Crippen molar-refractivity contribution < 1.29 is 18.7 Å². The number of benzene rings is 2. The van der Waals surface area contributed by atoms with Crippen molar-refractivity contribution in [3.63, 3.8) is 0 Å². The lowest BCUT2D eigenvalue weighted by Gasteiger charge is -2.18. The monoisotopic (exact) mass is 400 g/mol. The summed E-state index contributed by atoms with van der Waals surface area (Å²) in [6, 6.07) is 13.7. The molecule has 2 atom stereocenters. The summed E-state index contributed by atoms with van der Waals surface area (Å²) in [7, 11) is 0. The van der Waals surface area contributed by atoms with Crippen molar-refractivity contribution in [2.75, 3.05) is 0 Å². The molecule has 2 aromatic carbocycles. The second-order valence-electron chi connectivity index (χ2n) is 6.37. The van der Waals surface area contributed by atoms with Crippen LogP contribution in [0.1, 0.15) is 35.8 Å². The number of aromatic nitrogens is 1. The first kappa shape index (κ1) is 19.8. The third-order valence-electron chi connectivity index (χ3n) is 4.27. The van der Waals surface area contributed by atoms with Gasteiger partial charge in [-0.2, -0.15) is 0 Å². The van der Waals surface area contributed by atoms with E-state index in [1.165, 1.54) is 19.1 Å². The molecule has 0 aliphatic heterocycles. The normalized spacial score (nSPS) is 13.0. The van der Waals surface area contributed by atoms with Gasteiger partial charge in [0.1, 0.15) is 11.0 Å². The molecule has 0 saturated heterocycles. The average molecular weight is 401 g/mol. The fourth-order valence-electron chi connectivity index (χ4n) is 2.68. The largest absolute Gasteiger partial charge is 0.449 e. The van der Waals surface area contributed by atoms with Crippen LogP contribution in [0.2, 0.25) is 5.15 Å². The Bertz CT molecular complexity index is 1020. The summed E-state index contributed by atoms with van der Waals surface area (Å²) < 4.78 is 18.3. The molecule has 144 valence electrons. The summed E-state index contributed by atoms with van der Waals surface area (Å²) in [5.74, 6) is -1.41. The number of pyridine rings is 1. The molecule has 1 N–H and O–H groups in total. The van der Waals surface area contributed by atoms with Gasteiger partial charge in [-0.1, -0.05) is 23.7 Å². The smallest absolute Gasteiger partial charge is 0.338 e. The van der Waals surface area contributed by atoms with Gasteiger partial charge < -0.3 is 10.1 Å². The van der Waals surface area contributed by atoms with Crippen LogP contribution in [-0.2, 0) is 9.53 Å². The van der Waals surface area contributed by atoms with E-state index in [9.17, 15) is 14.0 Å². The highest BCUT2D eigenvalue weighted by Gasteiger charge is 2.21. The fourth-order valence-corrected chi connectivity index (χ4v) is 2.83. The van der Waals surface area contributed by atoms with Crippen LogP contribution in [0.25, 0.3) is 10.9 Å². The highest BCUT2D eigenvalue weighted by Crippen LogP contribution is 2.18. The van der Waals surface area contributed by atoms with Crippen molar-refractivity contribution in [2.24, 2.45) is 0 Å². The second-order valence-corrected chi connectivity index (χ2v) is 6.76. The quantitative estimate of drug-likeness (QED) is 0.507. The first-order valence-electron chi connectivity index (χ1n) is 8.66. The zero-order valence-corrected chi connectivity index (χ0v) is 16.0. The van der Waals surface area contributed by atoms with E-state index in [4.69, 9.17) is 16.3 Å². The molecule has 0 saturated carbocycles. The van der Waals surface area contributed by atoms with Crippen LogP contribution in [-0.4, -0.2) is 23.0 Å². The summed E-state index contributed by atoms with van der Waals surface area (Å²) in [5.41, 5.74) is 1.71. The molecule has 1 heterocycles. The van der Waals surface area contributed by atoms with Gasteiger partial charge in [-0.25, -0.2) is 14.2 Å². The Hall–Kier alpha value is -2.99. The maximum Gasteiger partial charge on any atom is 0.338 e. The summed E-state index contributed by atoms with van der Waals surface area (Å²) in [5, 5.41) is 3.85. The Morgan fingerprint density at radius 2 is 1.79 bits per heavy atom. The van der Waals surface area contributed by atoms with E-state index >= 15 is 0 Å². The van der Waals surface area contributed by atoms with Gasteiger partial charge >= 0.3 is 5.97 Å². The Balaban J connectivity index is 1.63. The average Bonchev–Trinajstić information content (AvgIpc) is 2.67. The number of amides is 1. The number of hydrogen-bond acceptors (Lipinski definition) is 4. The minimum atomic E-state index is -0.991. The Kier molecular flexibility index (Phi) is 5.90. The van der Waals surface area contributed by atoms with Crippen molar-refractivity contribution in [2.45, 2.75) is 26.0 Å². The Morgan fingerprint density at radius 3 is 2.50 bits per heavy atom. The predicted octanol–water partition coefficient (Wildman–Crippen LogP) is 4.45. The van der Waals surface area contributed by atoms with E-state index < -0.39 is 18.0 Å². The van der Waals surface area contributed by atoms with Crippen LogP contribution in [0.4, 0.5) is 4.39 Å². The molecule has 3 aromatic rings. The summed E-state index contributed by atoms with van der Waals surface area (Å²) in [4.78, 5) is 28.9. The van der Waals surface area contributed by atoms with Gasteiger partial charge in [0.2, 0.25) is 0 Å². The van der Waals surface area contributed by atoms with E-state index in [1.807, 2.05) is 0 Å². The van der Waals surface area contributed by atoms with Gasteiger partial charge in [-0.05, 0) is 61.9 Å². The Morgan fingerprint density at radius 1 is 1.07 bits per heavy atom. The molecule has 0 fully saturated rings. The molecule has 0 aliphatic rings. The molecule has 1 amide bonds. The maximum absolute atomic E-state index is 13.0. The maximum atomic E-state index is 13.0. The van der Waals surface area contributed by atoms with Crippen molar-refractivity contribution in [1.82, 2.24) is 10.3 Å². The number of rotatable bonds is 5. The lowest BCUT2D eigenvalue weighted by Crippen LogP contribution is -2.37. The molecule has 2 unspecified atom stereocenters. The van der Waals surface area contributed by atoms with Crippen LogP contribution < -0.4 is 5.32 Å². The third-order valence-corrected chi connectivity index (χ3v) is 4.48. The number of carbonyl (C=O) groups excluding carboxylic acids is 2. The number of hydrogen-bond donors (Lipinski definition) is 1. The summed E-state index contributed by atoms with van der Waals surface area (Å²) in [6.07, 6.45) is -0.991. The number of fused-ring (bicyclic) bond motifs is 1. The molecule has 3 rings (SSSR count). The molecular formula is C21H18ClFN2O3. The van der Waals surface area contributed by atoms with Gasteiger partial charge in [0.15, 0.2) is 6.10 Å². The molecule has 28 heavy (non-hydrogen) atoms. The van der Waals surface area contributed by atoms with Crippen LogP contribution in [0, 0.1) is 5.82 Å². The van der Waals surface area contributed by atoms with E-state index in [1.54, 1.807) is 49.4 Å². The van der Waals surface area contributed by atoms with Crippen LogP contribution in [0.15, 0.2) is 54.6 Å². The second kappa shape index (κ2) is 8.35. The number of halogens is 2. The molecule has 5 nitrogen and oxygen atoms in total. The zero-order chi connectivity index (χ0) is 20.3. The van der Waals surface area contributed by atoms with E-state index in [2.05, 4.69) is 10.3 Å². The summed E-state index contributed by atoms with van der Waals surface area (Å²) >= 11 is 5.85. The van der Waals surface area contributed by atoms with E-state index in [0.717, 1.165) is 10.9 Å². The van der Waals surface area contributed by atoms with E-state index in [-0.39, 0.29) is 11.9 Å². The minimum Gasteiger partial charge on any atom is -0.449 e. The van der Waals surface area contributed by atoms with Crippen molar-refractivity contribution in [3.8, 4) is 0 Å². The third kappa shape index (κ3) is 4.64. The van der Waals surface area contributed by atoms with Gasteiger partial charge in [-0.3, -0.25) is 4.79 Å². The van der Waals surface area contributed by atoms with Crippen molar-refractivity contribution >= 4 is 34.4 Å². The van der Waals surface area contributed by atoms with Crippen LogP contribution >= 0.6 is 11.6 Å². The molecule has 1 aromatic heterocycles. The van der Waals surface area contributed by atoms with Gasteiger partial charge in [0, 0.05) is 5.39 Å². The van der Waals surface area contributed by atoms with Gasteiger partial charge in [0.25, 0.3) is 5.91 Å². The number of nitrogens with one attached hydrogen (secondary N) is 1. The van der Waals surface area contributed by atoms with Crippen molar-refractivity contribution in [3.05, 3.63) is 76.7 Å². The molecule has 0 aliphatic carbocycles. The highest BCUT2D eigenvalue weighted by molar-refractivity contribution is 6.29. The van der Waals surface area contributed by atoms with Crippen LogP contribution in [0.5, 0.6) is 0 Å². The molecule has 7 heteroatoms. The van der Waals surface area contributed by atoms with Crippen LogP contribution in [0.3, 0.4) is 0 Å². The standard InChI is InChI=1S/C21H18ClFN2O3/c1-12(14-3-7-17(23)8-4-14)24-20(26)13(2)28-21(27)16-5-9-18-15(11-16)6-10-19(22)25-18/h3-13H,1-2H3,(H,24,26). The van der Waals surface area contributed by atoms with E-state index in [0.29, 0.717) is 16.2 Å². The fraction of sp³-hybridized carbons (Fsp3) is 0.190. The minimum absolute atomic E-state index is 0.308.